The van der Waals surface area contributed by atoms with Crippen LogP contribution in [0.25, 0.3) is 106 Å². The number of para-hydroxylation sites is 2. The number of furan rings is 1. The van der Waals surface area contributed by atoms with E-state index in [-0.39, 0.29) is 5.41 Å². The van der Waals surface area contributed by atoms with Gasteiger partial charge in [-0.3, -0.25) is 0 Å². The standard InChI is InChI=1S/C54H36N4O/c1-54(2)43-17-9-6-15-41(43)49-44(54)30-31-46-50(49)42-16-7-10-18-45(42)58(46)38-27-24-36(25-28-38)52-55-51(35-22-20-34(21-23-35)33-12-4-3-5-13-33)56-53(57-52)37-26-29-40-39-14-8-11-19-47(39)59-48(40)32-37/h3-32H,1-2H3. The van der Waals surface area contributed by atoms with Crippen molar-refractivity contribution in [2.75, 3.05) is 0 Å². The molecule has 0 radical (unpaired) electrons. The Morgan fingerprint density at radius 1 is 0.424 bits per heavy atom. The van der Waals surface area contributed by atoms with Crippen molar-refractivity contribution in [1.29, 1.82) is 0 Å². The van der Waals surface area contributed by atoms with Gasteiger partial charge in [0.1, 0.15) is 11.2 Å². The van der Waals surface area contributed by atoms with E-state index in [0.29, 0.717) is 17.5 Å². The molecule has 0 saturated carbocycles. The molecule has 1 aliphatic carbocycles. The lowest BCUT2D eigenvalue weighted by Crippen LogP contribution is -2.14. The number of fused-ring (bicyclic) bond motifs is 10. The lowest BCUT2D eigenvalue weighted by Gasteiger charge is -2.21. The quantitative estimate of drug-likeness (QED) is 0.175. The van der Waals surface area contributed by atoms with Gasteiger partial charge in [-0.1, -0.05) is 141 Å². The summed E-state index contributed by atoms with van der Waals surface area (Å²) in [5.74, 6) is 1.80. The second-order valence-corrected chi connectivity index (χ2v) is 16.0. The summed E-state index contributed by atoms with van der Waals surface area (Å²) in [6.45, 7) is 4.69. The first-order valence-electron chi connectivity index (χ1n) is 20.1. The van der Waals surface area contributed by atoms with Crippen LogP contribution in [0.3, 0.4) is 0 Å². The molecule has 0 bridgehead atoms. The Balaban J connectivity index is 0.995. The highest BCUT2D eigenvalue weighted by Gasteiger charge is 2.37. The summed E-state index contributed by atoms with van der Waals surface area (Å²) in [6, 6.07) is 64.1. The van der Waals surface area contributed by atoms with E-state index < -0.39 is 0 Å². The Hall–Kier alpha value is -7.63. The van der Waals surface area contributed by atoms with Crippen molar-refractivity contribution in [3.63, 3.8) is 0 Å². The van der Waals surface area contributed by atoms with Crippen LogP contribution in [0.5, 0.6) is 0 Å². The number of hydrogen-bond donors (Lipinski definition) is 0. The summed E-state index contributed by atoms with van der Waals surface area (Å²) in [4.78, 5) is 15.3. The molecule has 0 N–H and O–H groups in total. The minimum atomic E-state index is -0.0744. The van der Waals surface area contributed by atoms with E-state index in [0.717, 1.165) is 55.4 Å². The third-order valence-corrected chi connectivity index (χ3v) is 12.3. The lowest BCUT2D eigenvalue weighted by atomic mass is 9.82. The van der Waals surface area contributed by atoms with Crippen molar-refractivity contribution in [2.24, 2.45) is 0 Å². The fourth-order valence-electron chi connectivity index (χ4n) is 9.36. The summed E-state index contributed by atoms with van der Waals surface area (Å²) in [6.07, 6.45) is 0. The lowest BCUT2D eigenvalue weighted by molar-refractivity contribution is 0.661. The van der Waals surface area contributed by atoms with Crippen LogP contribution in [0.2, 0.25) is 0 Å². The zero-order valence-corrected chi connectivity index (χ0v) is 32.5. The van der Waals surface area contributed by atoms with Crippen LogP contribution in [0, 0.1) is 0 Å². The number of nitrogens with zero attached hydrogens (tertiary/aromatic N) is 4. The molecule has 59 heavy (non-hydrogen) atoms. The van der Waals surface area contributed by atoms with E-state index in [1.807, 2.05) is 30.3 Å². The Kier molecular flexibility index (Phi) is 7.20. The molecular weight excluding hydrogens is 721 g/mol. The Bertz CT molecular complexity index is 3450. The molecule has 278 valence electrons. The van der Waals surface area contributed by atoms with Gasteiger partial charge in [0.25, 0.3) is 0 Å². The van der Waals surface area contributed by atoms with Gasteiger partial charge in [0, 0.05) is 49.3 Å². The molecule has 5 nitrogen and oxygen atoms in total. The van der Waals surface area contributed by atoms with Gasteiger partial charge in [-0.25, -0.2) is 15.0 Å². The molecule has 0 aliphatic heterocycles. The minimum Gasteiger partial charge on any atom is -0.456 e. The van der Waals surface area contributed by atoms with Gasteiger partial charge in [-0.2, -0.15) is 0 Å². The number of aromatic nitrogens is 4. The van der Waals surface area contributed by atoms with Crippen molar-refractivity contribution < 1.29 is 4.42 Å². The largest absolute Gasteiger partial charge is 0.456 e. The fraction of sp³-hybridized carbons (Fsp3) is 0.0556. The highest BCUT2D eigenvalue weighted by molar-refractivity contribution is 6.18. The van der Waals surface area contributed by atoms with Crippen LogP contribution < -0.4 is 0 Å². The fourth-order valence-corrected chi connectivity index (χ4v) is 9.36. The second-order valence-electron chi connectivity index (χ2n) is 16.0. The topological polar surface area (TPSA) is 56.7 Å². The Morgan fingerprint density at radius 3 is 1.78 bits per heavy atom. The molecule has 1 aliphatic rings. The monoisotopic (exact) mass is 756 g/mol. The third kappa shape index (κ3) is 5.14. The average molecular weight is 757 g/mol. The van der Waals surface area contributed by atoms with E-state index in [2.05, 4.69) is 170 Å². The highest BCUT2D eigenvalue weighted by atomic mass is 16.3. The summed E-state index contributed by atoms with van der Waals surface area (Å²) >= 11 is 0. The second kappa shape index (κ2) is 12.7. The van der Waals surface area contributed by atoms with Crippen molar-refractivity contribution in [3.8, 4) is 62.1 Å². The molecule has 0 unspecified atom stereocenters. The van der Waals surface area contributed by atoms with Gasteiger partial charge < -0.3 is 8.98 Å². The summed E-state index contributed by atoms with van der Waals surface area (Å²) < 4.78 is 8.68. The van der Waals surface area contributed by atoms with Crippen LogP contribution in [0.1, 0.15) is 25.0 Å². The maximum atomic E-state index is 6.29. The van der Waals surface area contributed by atoms with Crippen LogP contribution >= 0.6 is 0 Å². The normalized spacial score (nSPS) is 13.1. The van der Waals surface area contributed by atoms with Crippen molar-refractivity contribution in [1.82, 2.24) is 19.5 Å². The molecule has 3 aromatic heterocycles. The average Bonchev–Trinajstić information content (AvgIpc) is 3.91. The first-order valence-corrected chi connectivity index (χ1v) is 20.1. The van der Waals surface area contributed by atoms with Crippen LogP contribution in [-0.4, -0.2) is 19.5 Å². The molecule has 0 spiro atoms. The van der Waals surface area contributed by atoms with E-state index in [9.17, 15) is 0 Å². The van der Waals surface area contributed by atoms with Gasteiger partial charge in [0.2, 0.25) is 0 Å². The summed E-state index contributed by atoms with van der Waals surface area (Å²) in [5.41, 5.74) is 15.4. The molecule has 12 rings (SSSR count). The molecule has 0 atom stereocenters. The molecule has 0 fully saturated rings. The maximum Gasteiger partial charge on any atom is 0.164 e. The number of hydrogen-bond acceptors (Lipinski definition) is 4. The van der Waals surface area contributed by atoms with Gasteiger partial charge >= 0.3 is 0 Å². The first-order chi connectivity index (χ1) is 29.0. The van der Waals surface area contributed by atoms with Gasteiger partial charge in [0.15, 0.2) is 17.5 Å². The Labute approximate surface area is 340 Å². The molecule has 5 heteroatoms. The zero-order chi connectivity index (χ0) is 39.2. The predicted molar refractivity (Wildman–Crippen MR) is 241 cm³/mol. The van der Waals surface area contributed by atoms with E-state index in [1.165, 1.54) is 44.1 Å². The van der Waals surface area contributed by atoms with Gasteiger partial charge in [-0.15, -0.1) is 0 Å². The predicted octanol–water partition coefficient (Wildman–Crippen LogP) is 13.8. The van der Waals surface area contributed by atoms with Crippen molar-refractivity contribution >= 4 is 43.7 Å². The Morgan fingerprint density at radius 2 is 1.00 bits per heavy atom. The third-order valence-electron chi connectivity index (χ3n) is 12.3. The van der Waals surface area contributed by atoms with E-state index >= 15 is 0 Å². The molecular formula is C54H36N4O. The van der Waals surface area contributed by atoms with Crippen molar-refractivity contribution in [2.45, 2.75) is 19.3 Å². The minimum absolute atomic E-state index is 0.0744. The van der Waals surface area contributed by atoms with Crippen LogP contribution in [0.4, 0.5) is 0 Å². The van der Waals surface area contributed by atoms with Crippen LogP contribution in [-0.2, 0) is 5.41 Å². The van der Waals surface area contributed by atoms with Crippen molar-refractivity contribution in [3.05, 3.63) is 193 Å². The first kappa shape index (κ1) is 33.5. The van der Waals surface area contributed by atoms with E-state index in [1.54, 1.807) is 0 Å². The summed E-state index contributed by atoms with van der Waals surface area (Å²) in [7, 11) is 0. The van der Waals surface area contributed by atoms with Gasteiger partial charge in [-0.05, 0) is 88.0 Å². The molecule has 0 amide bonds. The van der Waals surface area contributed by atoms with Crippen LogP contribution in [0.15, 0.2) is 186 Å². The molecule has 3 heterocycles. The molecule has 11 aromatic rings. The number of benzene rings is 8. The molecule has 8 aromatic carbocycles. The molecule has 0 saturated heterocycles. The van der Waals surface area contributed by atoms with E-state index in [4.69, 9.17) is 19.4 Å². The SMILES string of the molecule is CC1(C)c2ccccc2-c2c1ccc1c2c2ccccc2n1-c1ccc(-c2nc(-c3ccc(-c4ccccc4)cc3)nc(-c3ccc4c(c3)oc3ccccc34)n2)cc1. The van der Waals surface area contributed by atoms with Gasteiger partial charge in [0.05, 0.1) is 11.0 Å². The summed E-state index contributed by atoms with van der Waals surface area (Å²) in [5, 5.41) is 4.70. The zero-order valence-electron chi connectivity index (χ0n) is 32.5. The smallest absolute Gasteiger partial charge is 0.164 e. The maximum absolute atomic E-state index is 6.29. The number of rotatable bonds is 5. The highest BCUT2D eigenvalue weighted by Crippen LogP contribution is 2.53.